The molecule has 0 amide bonds. The maximum atomic E-state index is 10.9. The van der Waals surface area contributed by atoms with Crippen LogP contribution in [0.4, 0.5) is 11.4 Å². The average Bonchev–Trinajstić information content (AvgIpc) is 2.63. The first-order valence-electron chi connectivity index (χ1n) is 4.51. The molecule has 78 valence electrons. The van der Waals surface area contributed by atoms with Gasteiger partial charge in [-0.05, 0) is 12.1 Å². The SMILES string of the molecule is Nc1ccccc1NCc1csc(=O)[nH]1. The van der Waals surface area contributed by atoms with E-state index in [1.807, 2.05) is 24.3 Å². The summed E-state index contributed by atoms with van der Waals surface area (Å²) < 4.78 is 0. The lowest BCUT2D eigenvalue weighted by Crippen LogP contribution is -2.04. The Labute approximate surface area is 90.8 Å². The first-order valence-corrected chi connectivity index (χ1v) is 5.39. The van der Waals surface area contributed by atoms with Crippen molar-refractivity contribution in [3.63, 3.8) is 0 Å². The third kappa shape index (κ3) is 2.38. The molecule has 0 radical (unpaired) electrons. The molecule has 0 aliphatic rings. The van der Waals surface area contributed by atoms with Crippen LogP contribution in [0.2, 0.25) is 0 Å². The molecule has 0 bridgehead atoms. The maximum absolute atomic E-state index is 10.9. The highest BCUT2D eigenvalue weighted by atomic mass is 32.1. The molecule has 0 spiro atoms. The number of rotatable bonds is 3. The highest BCUT2D eigenvalue weighted by molar-refractivity contribution is 7.07. The van der Waals surface area contributed by atoms with E-state index in [2.05, 4.69) is 10.3 Å². The third-order valence-electron chi connectivity index (χ3n) is 2.00. The van der Waals surface area contributed by atoms with E-state index in [4.69, 9.17) is 5.73 Å². The number of anilines is 2. The summed E-state index contributed by atoms with van der Waals surface area (Å²) in [6.07, 6.45) is 0. The molecule has 4 N–H and O–H groups in total. The van der Waals surface area contributed by atoms with Crippen LogP contribution in [-0.2, 0) is 6.54 Å². The Kier molecular flexibility index (Phi) is 2.73. The van der Waals surface area contributed by atoms with Crippen LogP contribution in [0.1, 0.15) is 5.69 Å². The number of nitrogen functional groups attached to an aromatic ring is 1. The molecule has 15 heavy (non-hydrogen) atoms. The van der Waals surface area contributed by atoms with Crippen molar-refractivity contribution in [1.29, 1.82) is 0 Å². The van der Waals surface area contributed by atoms with E-state index in [1.165, 1.54) is 0 Å². The predicted molar refractivity (Wildman–Crippen MR) is 63.1 cm³/mol. The van der Waals surface area contributed by atoms with Crippen LogP contribution >= 0.6 is 11.3 Å². The van der Waals surface area contributed by atoms with Gasteiger partial charge < -0.3 is 16.0 Å². The Morgan fingerprint density at radius 2 is 2.20 bits per heavy atom. The molecule has 5 heteroatoms. The van der Waals surface area contributed by atoms with E-state index in [9.17, 15) is 4.79 Å². The topological polar surface area (TPSA) is 70.9 Å². The number of aromatic amines is 1. The van der Waals surface area contributed by atoms with Gasteiger partial charge in [0.05, 0.1) is 17.9 Å². The number of nitrogens with one attached hydrogen (secondary N) is 2. The molecule has 0 unspecified atom stereocenters. The van der Waals surface area contributed by atoms with Crippen molar-refractivity contribution >= 4 is 22.7 Å². The summed E-state index contributed by atoms with van der Waals surface area (Å²) in [6, 6.07) is 7.53. The summed E-state index contributed by atoms with van der Waals surface area (Å²) in [6.45, 7) is 0.576. The largest absolute Gasteiger partial charge is 0.397 e. The molecular weight excluding hydrogens is 210 g/mol. The Hall–Kier alpha value is -1.75. The lowest BCUT2D eigenvalue weighted by atomic mass is 10.2. The molecule has 1 aromatic carbocycles. The number of nitrogens with two attached hydrogens (primary N) is 1. The van der Waals surface area contributed by atoms with Crippen molar-refractivity contribution in [2.24, 2.45) is 0 Å². The monoisotopic (exact) mass is 221 g/mol. The fourth-order valence-electron chi connectivity index (χ4n) is 1.25. The van der Waals surface area contributed by atoms with Crippen LogP contribution in [0.5, 0.6) is 0 Å². The second-order valence-corrected chi connectivity index (χ2v) is 3.96. The number of aromatic nitrogens is 1. The van der Waals surface area contributed by atoms with Crippen molar-refractivity contribution in [1.82, 2.24) is 4.98 Å². The number of thiazole rings is 1. The van der Waals surface area contributed by atoms with E-state index >= 15 is 0 Å². The van der Waals surface area contributed by atoms with Gasteiger partial charge in [-0.2, -0.15) is 0 Å². The molecule has 1 aromatic heterocycles. The molecule has 0 aliphatic carbocycles. The van der Waals surface area contributed by atoms with Crippen LogP contribution in [-0.4, -0.2) is 4.98 Å². The number of benzene rings is 1. The standard InChI is InChI=1S/C10H11N3OS/c11-8-3-1-2-4-9(8)12-5-7-6-15-10(14)13-7/h1-4,6,12H,5,11H2,(H,13,14). The van der Waals surface area contributed by atoms with E-state index in [0.29, 0.717) is 12.2 Å². The molecule has 0 atom stereocenters. The van der Waals surface area contributed by atoms with Gasteiger partial charge in [0.2, 0.25) is 0 Å². The first kappa shape index (κ1) is 9.79. The third-order valence-corrected chi connectivity index (χ3v) is 2.72. The van der Waals surface area contributed by atoms with Crippen molar-refractivity contribution in [2.45, 2.75) is 6.54 Å². The molecular formula is C10H11N3OS. The number of hydrogen-bond donors (Lipinski definition) is 3. The Morgan fingerprint density at radius 1 is 1.40 bits per heavy atom. The number of hydrogen-bond acceptors (Lipinski definition) is 4. The van der Waals surface area contributed by atoms with E-state index < -0.39 is 0 Å². The molecule has 0 aliphatic heterocycles. The van der Waals surface area contributed by atoms with Gasteiger partial charge in [-0.3, -0.25) is 4.79 Å². The van der Waals surface area contributed by atoms with Gasteiger partial charge in [-0.25, -0.2) is 0 Å². The van der Waals surface area contributed by atoms with Crippen molar-refractivity contribution in [3.8, 4) is 0 Å². The average molecular weight is 221 g/mol. The van der Waals surface area contributed by atoms with Gasteiger partial charge in [0.1, 0.15) is 0 Å². The summed E-state index contributed by atoms with van der Waals surface area (Å²) in [5.74, 6) is 0. The van der Waals surface area contributed by atoms with Crippen molar-refractivity contribution < 1.29 is 0 Å². The minimum atomic E-state index is -0.0344. The zero-order valence-corrected chi connectivity index (χ0v) is 8.80. The fourth-order valence-corrected chi connectivity index (χ4v) is 1.83. The minimum Gasteiger partial charge on any atom is -0.397 e. The summed E-state index contributed by atoms with van der Waals surface area (Å²) >= 11 is 1.16. The van der Waals surface area contributed by atoms with Crippen LogP contribution in [0.15, 0.2) is 34.4 Å². The molecule has 0 fully saturated rings. The molecule has 0 saturated carbocycles. The van der Waals surface area contributed by atoms with E-state index in [1.54, 1.807) is 5.38 Å². The second kappa shape index (κ2) is 4.18. The quantitative estimate of drug-likeness (QED) is 0.690. The van der Waals surface area contributed by atoms with Gasteiger partial charge in [-0.1, -0.05) is 23.5 Å². The lowest BCUT2D eigenvalue weighted by Gasteiger charge is -2.07. The van der Waals surface area contributed by atoms with Crippen LogP contribution in [0, 0.1) is 0 Å². The number of H-pyrrole nitrogens is 1. The highest BCUT2D eigenvalue weighted by Gasteiger charge is 1.98. The summed E-state index contributed by atoms with van der Waals surface area (Å²) in [4.78, 5) is 13.6. The smallest absolute Gasteiger partial charge is 0.304 e. The molecule has 1 heterocycles. The van der Waals surface area contributed by atoms with Gasteiger partial charge in [-0.15, -0.1) is 0 Å². The van der Waals surface area contributed by atoms with Crippen molar-refractivity contribution in [3.05, 3.63) is 45.0 Å². The zero-order valence-electron chi connectivity index (χ0n) is 7.99. The zero-order chi connectivity index (χ0) is 10.7. The Morgan fingerprint density at radius 3 is 2.87 bits per heavy atom. The minimum absolute atomic E-state index is 0.0344. The summed E-state index contributed by atoms with van der Waals surface area (Å²) in [7, 11) is 0. The summed E-state index contributed by atoms with van der Waals surface area (Å²) in [5, 5.41) is 4.95. The predicted octanol–water partition coefficient (Wildman–Crippen LogP) is 1.63. The summed E-state index contributed by atoms with van der Waals surface area (Å²) in [5.41, 5.74) is 8.21. The van der Waals surface area contributed by atoms with Gasteiger partial charge >= 0.3 is 4.87 Å². The van der Waals surface area contributed by atoms with Crippen LogP contribution in [0.3, 0.4) is 0 Å². The molecule has 2 aromatic rings. The maximum Gasteiger partial charge on any atom is 0.304 e. The van der Waals surface area contributed by atoms with E-state index in [0.717, 1.165) is 22.7 Å². The first-order chi connectivity index (χ1) is 7.25. The van der Waals surface area contributed by atoms with Crippen molar-refractivity contribution in [2.75, 3.05) is 11.1 Å². The van der Waals surface area contributed by atoms with E-state index in [-0.39, 0.29) is 4.87 Å². The second-order valence-electron chi connectivity index (χ2n) is 3.11. The molecule has 0 saturated heterocycles. The fraction of sp³-hybridized carbons (Fsp3) is 0.100. The molecule has 2 rings (SSSR count). The number of para-hydroxylation sites is 2. The van der Waals surface area contributed by atoms with Gasteiger partial charge in [0, 0.05) is 11.1 Å². The van der Waals surface area contributed by atoms with Crippen LogP contribution in [0.25, 0.3) is 0 Å². The van der Waals surface area contributed by atoms with Crippen LogP contribution < -0.4 is 15.9 Å². The van der Waals surface area contributed by atoms with Gasteiger partial charge in [0.15, 0.2) is 0 Å². The molecule has 4 nitrogen and oxygen atoms in total. The lowest BCUT2D eigenvalue weighted by molar-refractivity contribution is 1.06. The van der Waals surface area contributed by atoms with Gasteiger partial charge in [0.25, 0.3) is 0 Å². The Bertz CT molecular complexity index is 503. The Balaban J connectivity index is 2.05. The highest BCUT2D eigenvalue weighted by Crippen LogP contribution is 2.17. The normalized spacial score (nSPS) is 10.1.